The Kier molecular flexibility index (Phi) is 4.28. The fourth-order valence-electron chi connectivity index (χ4n) is 2.30. The molecule has 3 unspecified atom stereocenters. The Labute approximate surface area is 115 Å². The molecule has 1 saturated carbocycles. The van der Waals surface area contributed by atoms with E-state index in [1.165, 1.54) is 0 Å². The van der Waals surface area contributed by atoms with Crippen LogP contribution in [0.25, 0.3) is 0 Å². The van der Waals surface area contributed by atoms with Gasteiger partial charge in [-0.2, -0.15) is 0 Å². The van der Waals surface area contributed by atoms with Crippen LogP contribution in [0, 0.1) is 5.92 Å². The largest absolute Gasteiger partial charge is 0.324 e. The summed E-state index contributed by atoms with van der Waals surface area (Å²) < 4.78 is 27.1. The van der Waals surface area contributed by atoms with E-state index in [0.717, 1.165) is 24.8 Å². The fourth-order valence-corrected chi connectivity index (χ4v) is 3.62. The summed E-state index contributed by atoms with van der Waals surface area (Å²) >= 11 is 0. The van der Waals surface area contributed by atoms with Crippen LogP contribution < -0.4 is 10.5 Å². The SMILES string of the molecule is CCCC1CC1NS(=O)(=O)c1ccc(C(C)N)cc1. The van der Waals surface area contributed by atoms with Gasteiger partial charge in [0.1, 0.15) is 0 Å². The molecule has 0 saturated heterocycles. The van der Waals surface area contributed by atoms with E-state index in [1.54, 1.807) is 24.3 Å². The van der Waals surface area contributed by atoms with Crippen LogP contribution in [0.15, 0.2) is 29.2 Å². The van der Waals surface area contributed by atoms with Crippen LogP contribution in [0.5, 0.6) is 0 Å². The van der Waals surface area contributed by atoms with Gasteiger partial charge in [0, 0.05) is 12.1 Å². The third-order valence-corrected chi connectivity index (χ3v) is 5.11. The summed E-state index contributed by atoms with van der Waals surface area (Å²) in [6, 6.07) is 6.84. The second kappa shape index (κ2) is 5.61. The Bertz CT molecular complexity index is 523. The molecule has 3 atom stereocenters. The second-order valence-corrected chi connectivity index (χ2v) is 7.08. The van der Waals surface area contributed by atoms with Crippen molar-refractivity contribution in [2.24, 2.45) is 11.7 Å². The zero-order chi connectivity index (χ0) is 14.0. The quantitative estimate of drug-likeness (QED) is 0.840. The minimum absolute atomic E-state index is 0.0814. The van der Waals surface area contributed by atoms with Crippen molar-refractivity contribution >= 4 is 10.0 Å². The summed E-state index contributed by atoms with van der Waals surface area (Å²) in [6.07, 6.45) is 3.16. The molecule has 1 aliphatic carbocycles. The molecule has 1 fully saturated rings. The predicted molar refractivity (Wildman–Crippen MR) is 76.2 cm³/mol. The lowest BCUT2D eigenvalue weighted by atomic mass is 10.1. The van der Waals surface area contributed by atoms with Gasteiger partial charge in [-0.15, -0.1) is 0 Å². The smallest absolute Gasteiger partial charge is 0.240 e. The van der Waals surface area contributed by atoms with Crippen molar-refractivity contribution in [3.63, 3.8) is 0 Å². The number of rotatable bonds is 6. The van der Waals surface area contributed by atoms with Gasteiger partial charge >= 0.3 is 0 Å². The average Bonchev–Trinajstić information content (AvgIpc) is 3.07. The predicted octanol–water partition coefficient (Wildman–Crippen LogP) is 2.17. The Morgan fingerprint density at radius 3 is 2.53 bits per heavy atom. The molecule has 2 rings (SSSR count). The van der Waals surface area contributed by atoms with E-state index in [9.17, 15) is 8.42 Å². The van der Waals surface area contributed by atoms with Crippen molar-refractivity contribution in [3.05, 3.63) is 29.8 Å². The molecular formula is C14H22N2O2S. The number of hydrogen-bond donors (Lipinski definition) is 2. The first-order valence-electron chi connectivity index (χ1n) is 6.82. The highest BCUT2D eigenvalue weighted by atomic mass is 32.2. The molecule has 1 aromatic carbocycles. The number of nitrogens with two attached hydrogens (primary N) is 1. The van der Waals surface area contributed by atoms with Crippen LogP contribution in [-0.2, 0) is 10.0 Å². The third-order valence-electron chi connectivity index (χ3n) is 3.60. The molecule has 0 heterocycles. The van der Waals surface area contributed by atoms with Gasteiger partial charge in [-0.3, -0.25) is 0 Å². The van der Waals surface area contributed by atoms with Crippen molar-refractivity contribution < 1.29 is 8.42 Å². The Hall–Kier alpha value is -0.910. The first-order valence-corrected chi connectivity index (χ1v) is 8.30. The second-order valence-electron chi connectivity index (χ2n) is 5.37. The molecule has 5 heteroatoms. The molecular weight excluding hydrogens is 260 g/mol. The molecule has 1 aliphatic rings. The minimum atomic E-state index is -3.38. The Balaban J connectivity index is 2.04. The molecule has 0 radical (unpaired) electrons. The summed E-state index contributed by atoms with van der Waals surface area (Å²) in [4.78, 5) is 0.319. The molecule has 106 valence electrons. The van der Waals surface area contributed by atoms with Crippen molar-refractivity contribution in [1.29, 1.82) is 0 Å². The summed E-state index contributed by atoms with van der Waals surface area (Å²) in [7, 11) is -3.38. The first-order chi connectivity index (χ1) is 8.94. The maximum Gasteiger partial charge on any atom is 0.240 e. The van der Waals surface area contributed by atoms with Crippen LogP contribution in [-0.4, -0.2) is 14.5 Å². The van der Waals surface area contributed by atoms with Gasteiger partial charge in [0.15, 0.2) is 0 Å². The van der Waals surface area contributed by atoms with E-state index < -0.39 is 10.0 Å². The fraction of sp³-hybridized carbons (Fsp3) is 0.571. The van der Waals surface area contributed by atoms with Crippen molar-refractivity contribution in [1.82, 2.24) is 4.72 Å². The van der Waals surface area contributed by atoms with Crippen LogP contribution in [0.4, 0.5) is 0 Å². The van der Waals surface area contributed by atoms with Crippen LogP contribution >= 0.6 is 0 Å². The topological polar surface area (TPSA) is 72.2 Å². The average molecular weight is 282 g/mol. The highest BCUT2D eigenvalue weighted by Gasteiger charge is 2.39. The molecule has 1 aromatic rings. The monoisotopic (exact) mass is 282 g/mol. The molecule has 3 N–H and O–H groups in total. The van der Waals surface area contributed by atoms with Gasteiger partial charge in [-0.05, 0) is 43.4 Å². The van der Waals surface area contributed by atoms with Crippen LogP contribution in [0.2, 0.25) is 0 Å². The number of nitrogens with one attached hydrogen (secondary N) is 1. The van der Waals surface area contributed by atoms with Gasteiger partial charge in [-0.1, -0.05) is 25.5 Å². The van der Waals surface area contributed by atoms with E-state index in [-0.39, 0.29) is 12.1 Å². The molecule has 0 aliphatic heterocycles. The number of sulfonamides is 1. The van der Waals surface area contributed by atoms with Crippen molar-refractivity contribution in [3.8, 4) is 0 Å². The Morgan fingerprint density at radius 2 is 2.00 bits per heavy atom. The molecule has 0 aromatic heterocycles. The van der Waals surface area contributed by atoms with Crippen molar-refractivity contribution in [2.75, 3.05) is 0 Å². The van der Waals surface area contributed by atoms with Gasteiger partial charge in [-0.25, -0.2) is 13.1 Å². The van der Waals surface area contributed by atoms with Crippen LogP contribution in [0.1, 0.15) is 44.7 Å². The normalized spacial score (nSPS) is 24.2. The highest BCUT2D eigenvalue weighted by molar-refractivity contribution is 7.89. The minimum Gasteiger partial charge on any atom is -0.324 e. The van der Waals surface area contributed by atoms with E-state index in [1.807, 2.05) is 6.92 Å². The Morgan fingerprint density at radius 1 is 1.37 bits per heavy atom. The van der Waals surface area contributed by atoms with Gasteiger partial charge in [0.05, 0.1) is 4.90 Å². The zero-order valence-corrected chi connectivity index (χ0v) is 12.3. The number of hydrogen-bond acceptors (Lipinski definition) is 3. The molecule has 0 spiro atoms. The van der Waals surface area contributed by atoms with Crippen LogP contribution in [0.3, 0.4) is 0 Å². The third kappa shape index (κ3) is 3.55. The number of benzene rings is 1. The zero-order valence-electron chi connectivity index (χ0n) is 11.5. The van der Waals surface area contributed by atoms with E-state index in [2.05, 4.69) is 11.6 Å². The van der Waals surface area contributed by atoms with Gasteiger partial charge < -0.3 is 5.73 Å². The summed E-state index contributed by atoms with van der Waals surface area (Å²) in [5, 5.41) is 0. The lowest BCUT2D eigenvalue weighted by Crippen LogP contribution is -2.27. The maximum atomic E-state index is 12.2. The lowest BCUT2D eigenvalue weighted by molar-refractivity contribution is 0.573. The lowest BCUT2D eigenvalue weighted by Gasteiger charge is -2.09. The highest BCUT2D eigenvalue weighted by Crippen LogP contribution is 2.35. The van der Waals surface area contributed by atoms with Gasteiger partial charge in [0.2, 0.25) is 10.0 Å². The van der Waals surface area contributed by atoms with Crippen molar-refractivity contribution in [2.45, 2.75) is 50.1 Å². The first kappa shape index (κ1) is 14.5. The molecule has 19 heavy (non-hydrogen) atoms. The van der Waals surface area contributed by atoms with E-state index in [4.69, 9.17) is 5.73 Å². The summed E-state index contributed by atoms with van der Waals surface area (Å²) in [5.74, 6) is 0.517. The molecule has 0 bridgehead atoms. The summed E-state index contributed by atoms with van der Waals surface area (Å²) in [6.45, 7) is 4.00. The van der Waals surface area contributed by atoms with E-state index in [0.29, 0.717) is 10.8 Å². The van der Waals surface area contributed by atoms with E-state index >= 15 is 0 Å². The summed E-state index contributed by atoms with van der Waals surface area (Å²) in [5.41, 5.74) is 6.69. The van der Waals surface area contributed by atoms with Gasteiger partial charge in [0.25, 0.3) is 0 Å². The standard InChI is InChI=1S/C14H22N2O2S/c1-3-4-12-9-14(12)16-19(17,18)13-7-5-11(6-8-13)10(2)15/h5-8,10,12,14,16H,3-4,9,15H2,1-2H3. The molecule has 4 nitrogen and oxygen atoms in total. The maximum absolute atomic E-state index is 12.2. The molecule has 0 amide bonds.